The van der Waals surface area contributed by atoms with Crippen molar-refractivity contribution in [3.63, 3.8) is 0 Å². The lowest BCUT2D eigenvalue weighted by atomic mass is 9.96. The van der Waals surface area contributed by atoms with Crippen molar-refractivity contribution in [1.29, 1.82) is 0 Å². The fourth-order valence-corrected chi connectivity index (χ4v) is 4.60. The van der Waals surface area contributed by atoms with Gasteiger partial charge in [0.2, 0.25) is 6.73 Å². The van der Waals surface area contributed by atoms with Gasteiger partial charge in [0.15, 0.2) is 0 Å². The minimum atomic E-state index is -0.373. The van der Waals surface area contributed by atoms with Crippen molar-refractivity contribution in [2.45, 2.75) is 19.9 Å². The van der Waals surface area contributed by atoms with Crippen LogP contribution in [0.15, 0.2) is 69.9 Å². The fraction of sp³-hybridized carbons (Fsp3) is 0.222. The quantitative estimate of drug-likeness (QED) is 0.446. The van der Waals surface area contributed by atoms with Gasteiger partial charge in [0, 0.05) is 34.0 Å². The molecule has 3 aromatic carbocycles. The second-order valence-corrected chi connectivity index (χ2v) is 8.85. The molecular weight excluding hydrogens is 438 g/mol. The highest BCUT2D eigenvalue weighted by Crippen LogP contribution is 2.36. The Labute approximate surface area is 197 Å². The number of quaternary nitrogens is 1. The lowest BCUT2D eigenvalue weighted by molar-refractivity contribution is -0.932. The van der Waals surface area contributed by atoms with Gasteiger partial charge in [-0.15, -0.1) is 0 Å². The molecule has 0 bridgehead atoms. The molecule has 1 unspecified atom stereocenters. The van der Waals surface area contributed by atoms with E-state index < -0.39 is 0 Å². The van der Waals surface area contributed by atoms with Crippen LogP contribution in [-0.2, 0) is 13.0 Å². The third kappa shape index (κ3) is 4.34. The molecule has 168 valence electrons. The third-order valence-corrected chi connectivity index (χ3v) is 6.49. The summed E-state index contributed by atoms with van der Waals surface area (Å²) < 4.78 is 17.1. The minimum absolute atomic E-state index is 0.373. The van der Waals surface area contributed by atoms with Crippen LogP contribution < -0.4 is 20.0 Å². The van der Waals surface area contributed by atoms with Gasteiger partial charge in [0.25, 0.3) is 0 Å². The molecular formula is C27H25ClNO4+. The van der Waals surface area contributed by atoms with E-state index in [0.29, 0.717) is 12.3 Å². The largest absolute Gasteiger partial charge is 0.497 e. The average Bonchev–Trinajstić information content (AvgIpc) is 2.84. The highest BCUT2D eigenvalue weighted by molar-refractivity contribution is 6.30. The molecule has 2 heterocycles. The lowest BCUT2D eigenvalue weighted by Gasteiger charge is -2.28. The highest BCUT2D eigenvalue weighted by atomic mass is 35.5. The van der Waals surface area contributed by atoms with Gasteiger partial charge < -0.3 is 13.9 Å². The summed E-state index contributed by atoms with van der Waals surface area (Å²) in [6, 6.07) is 19.4. The smallest absolute Gasteiger partial charge is 0.336 e. The molecule has 0 radical (unpaired) electrons. The molecule has 4 aromatic rings. The number of nitrogens with one attached hydrogen (secondary N) is 1. The number of halogens is 1. The Morgan fingerprint density at radius 3 is 2.55 bits per heavy atom. The van der Waals surface area contributed by atoms with Crippen molar-refractivity contribution in [3.05, 3.63) is 92.8 Å². The summed E-state index contributed by atoms with van der Waals surface area (Å²) >= 11 is 6.00. The molecule has 0 amide bonds. The molecule has 1 aromatic heterocycles. The van der Waals surface area contributed by atoms with Gasteiger partial charge in [-0.25, -0.2) is 4.79 Å². The van der Waals surface area contributed by atoms with Gasteiger partial charge in [-0.1, -0.05) is 35.9 Å². The number of aryl methyl sites for hydroxylation is 1. The van der Waals surface area contributed by atoms with Crippen LogP contribution in [0.25, 0.3) is 22.1 Å². The van der Waals surface area contributed by atoms with Crippen LogP contribution in [0.3, 0.4) is 0 Å². The molecule has 0 saturated carbocycles. The van der Waals surface area contributed by atoms with Gasteiger partial charge >= 0.3 is 5.63 Å². The van der Waals surface area contributed by atoms with Crippen LogP contribution in [-0.4, -0.2) is 20.4 Å². The first-order chi connectivity index (χ1) is 16.0. The van der Waals surface area contributed by atoms with E-state index in [1.807, 2.05) is 43.3 Å². The van der Waals surface area contributed by atoms with E-state index in [9.17, 15) is 4.79 Å². The van der Waals surface area contributed by atoms with Gasteiger partial charge in [-0.2, -0.15) is 0 Å². The minimum Gasteiger partial charge on any atom is -0.497 e. The molecule has 5 nitrogen and oxygen atoms in total. The summed E-state index contributed by atoms with van der Waals surface area (Å²) in [6.45, 7) is 4.34. The molecule has 0 fully saturated rings. The van der Waals surface area contributed by atoms with Gasteiger partial charge in [0.1, 0.15) is 23.6 Å². The van der Waals surface area contributed by atoms with Crippen LogP contribution in [0.4, 0.5) is 0 Å². The van der Waals surface area contributed by atoms with Crippen LogP contribution in [0.5, 0.6) is 11.5 Å². The van der Waals surface area contributed by atoms with Gasteiger partial charge in [-0.05, 0) is 53.9 Å². The van der Waals surface area contributed by atoms with Gasteiger partial charge in [0.05, 0.1) is 13.7 Å². The zero-order valence-electron chi connectivity index (χ0n) is 18.6. The van der Waals surface area contributed by atoms with E-state index >= 15 is 0 Å². The molecule has 0 aliphatic carbocycles. The Morgan fingerprint density at radius 1 is 1.06 bits per heavy atom. The molecule has 33 heavy (non-hydrogen) atoms. The van der Waals surface area contributed by atoms with E-state index in [2.05, 4.69) is 18.2 Å². The molecule has 1 atom stereocenters. The topological polar surface area (TPSA) is 53.1 Å². The van der Waals surface area contributed by atoms with Crippen molar-refractivity contribution in [2.75, 3.05) is 20.4 Å². The van der Waals surface area contributed by atoms with Crippen molar-refractivity contribution in [2.24, 2.45) is 0 Å². The molecule has 1 aliphatic rings. The summed E-state index contributed by atoms with van der Waals surface area (Å²) in [7, 11) is 1.64. The standard InChI is InChI=1S/C27H24ClNO4/c1-17-26-20(15-29(16-32-26)12-11-18-3-7-21(28)8-4-18)13-24-23(14-25(30)33-27(17)24)19-5-9-22(31-2)10-6-19/h3-10,13-14H,11-12,15-16H2,1-2H3/p+1. The lowest BCUT2D eigenvalue weighted by Crippen LogP contribution is -3.12. The Kier molecular flexibility index (Phi) is 5.83. The summed E-state index contributed by atoms with van der Waals surface area (Å²) in [5.41, 5.74) is 5.25. The zero-order chi connectivity index (χ0) is 22.9. The van der Waals surface area contributed by atoms with Crippen LogP contribution in [0, 0.1) is 6.92 Å². The summed E-state index contributed by atoms with van der Waals surface area (Å²) in [5, 5.41) is 1.67. The molecule has 5 rings (SSSR count). The van der Waals surface area contributed by atoms with Crippen molar-refractivity contribution in [1.82, 2.24) is 0 Å². The predicted molar refractivity (Wildman–Crippen MR) is 129 cm³/mol. The summed E-state index contributed by atoms with van der Waals surface area (Å²) in [6.07, 6.45) is 0.948. The first-order valence-corrected chi connectivity index (χ1v) is 11.3. The second-order valence-electron chi connectivity index (χ2n) is 8.42. The van der Waals surface area contributed by atoms with Crippen LogP contribution in [0.1, 0.15) is 16.7 Å². The number of hydrogen-bond acceptors (Lipinski definition) is 4. The summed E-state index contributed by atoms with van der Waals surface area (Å²) in [4.78, 5) is 13.7. The maximum atomic E-state index is 12.4. The average molecular weight is 463 g/mol. The first kappa shape index (κ1) is 21.6. The molecule has 0 saturated heterocycles. The number of rotatable bonds is 5. The Bertz CT molecular complexity index is 1360. The Hall–Kier alpha value is -3.28. The SMILES string of the molecule is COc1ccc(-c2cc(=O)oc3c(C)c4c(cc23)C[NH+](CCc2ccc(Cl)cc2)CO4)cc1. The van der Waals surface area contributed by atoms with E-state index in [4.69, 9.17) is 25.5 Å². The van der Waals surface area contributed by atoms with Crippen LogP contribution in [0.2, 0.25) is 5.02 Å². The monoisotopic (exact) mass is 462 g/mol. The number of benzene rings is 3. The number of methoxy groups -OCH3 is 1. The van der Waals surface area contributed by atoms with Crippen molar-refractivity contribution in [3.8, 4) is 22.6 Å². The van der Waals surface area contributed by atoms with E-state index in [1.165, 1.54) is 10.5 Å². The third-order valence-electron chi connectivity index (χ3n) is 6.23. The van der Waals surface area contributed by atoms with E-state index in [-0.39, 0.29) is 5.63 Å². The number of hydrogen-bond donors (Lipinski definition) is 1. The van der Waals surface area contributed by atoms with Crippen LogP contribution >= 0.6 is 11.6 Å². The normalized spacial score (nSPS) is 15.2. The Morgan fingerprint density at radius 2 is 1.82 bits per heavy atom. The molecule has 0 spiro atoms. The summed E-state index contributed by atoms with van der Waals surface area (Å²) in [5.74, 6) is 1.60. The zero-order valence-corrected chi connectivity index (χ0v) is 19.4. The number of ether oxygens (including phenoxy) is 2. The molecule has 1 N–H and O–H groups in total. The first-order valence-electron chi connectivity index (χ1n) is 11.0. The van der Waals surface area contributed by atoms with E-state index in [1.54, 1.807) is 13.2 Å². The number of fused-ring (bicyclic) bond motifs is 2. The maximum absolute atomic E-state index is 12.4. The van der Waals surface area contributed by atoms with Crippen molar-refractivity contribution >= 4 is 22.6 Å². The second kappa shape index (κ2) is 8.93. The maximum Gasteiger partial charge on any atom is 0.336 e. The van der Waals surface area contributed by atoms with E-state index in [0.717, 1.165) is 63.7 Å². The molecule has 6 heteroatoms. The van der Waals surface area contributed by atoms with Crippen molar-refractivity contribution < 1.29 is 18.8 Å². The Balaban J connectivity index is 1.48. The molecule has 1 aliphatic heterocycles. The highest BCUT2D eigenvalue weighted by Gasteiger charge is 2.25. The predicted octanol–water partition coefficient (Wildman–Crippen LogP) is 4.41. The van der Waals surface area contributed by atoms with Gasteiger partial charge in [-0.3, -0.25) is 4.90 Å². The fourth-order valence-electron chi connectivity index (χ4n) is 4.48.